The summed E-state index contributed by atoms with van der Waals surface area (Å²) in [7, 11) is 2.31. The number of rotatable bonds is 5. The second-order valence-corrected chi connectivity index (χ2v) is 6.14. The summed E-state index contributed by atoms with van der Waals surface area (Å²) in [5, 5.41) is 0. The van der Waals surface area contributed by atoms with Crippen molar-refractivity contribution in [3.63, 3.8) is 0 Å². The van der Waals surface area contributed by atoms with Crippen molar-refractivity contribution in [2.24, 2.45) is 17.6 Å². The third-order valence-corrected chi connectivity index (χ3v) is 5.37. The fourth-order valence-electron chi connectivity index (χ4n) is 4.29. The van der Waals surface area contributed by atoms with Gasteiger partial charge >= 0.3 is 0 Å². The summed E-state index contributed by atoms with van der Waals surface area (Å²) in [6, 6.07) is 0.688. The van der Waals surface area contributed by atoms with Gasteiger partial charge in [0.15, 0.2) is 0 Å². The predicted molar refractivity (Wildman–Crippen MR) is 69.4 cm³/mol. The summed E-state index contributed by atoms with van der Waals surface area (Å²) < 4.78 is 0. The van der Waals surface area contributed by atoms with Gasteiger partial charge in [-0.15, -0.1) is 0 Å². The zero-order valence-electron chi connectivity index (χ0n) is 11.2. The monoisotopic (exact) mass is 224 g/mol. The molecule has 0 aliphatic heterocycles. The molecule has 0 aromatic carbocycles. The van der Waals surface area contributed by atoms with Crippen LogP contribution in [0.4, 0.5) is 0 Å². The summed E-state index contributed by atoms with van der Waals surface area (Å²) in [5.74, 6) is 1.86. The minimum Gasteiger partial charge on any atom is -0.329 e. The zero-order valence-corrected chi connectivity index (χ0v) is 11.2. The molecule has 0 heterocycles. The van der Waals surface area contributed by atoms with Gasteiger partial charge in [-0.3, -0.25) is 4.90 Å². The first kappa shape index (κ1) is 12.4. The van der Waals surface area contributed by atoms with E-state index in [-0.39, 0.29) is 0 Å². The van der Waals surface area contributed by atoms with Crippen molar-refractivity contribution < 1.29 is 0 Å². The van der Waals surface area contributed by atoms with Crippen LogP contribution in [0.1, 0.15) is 52.4 Å². The van der Waals surface area contributed by atoms with Crippen molar-refractivity contribution in [2.45, 2.75) is 64.0 Å². The number of hydrogen-bond acceptors (Lipinski definition) is 2. The SMILES string of the molecule is CCCC(C)N(C)C1(CN)CC2CCC1C2. The molecule has 2 aliphatic carbocycles. The molecule has 2 N–H and O–H groups in total. The van der Waals surface area contributed by atoms with Crippen LogP contribution in [0.15, 0.2) is 0 Å². The third-order valence-electron chi connectivity index (χ3n) is 5.37. The molecule has 0 amide bonds. The van der Waals surface area contributed by atoms with Crippen molar-refractivity contribution in [3.05, 3.63) is 0 Å². The molecule has 2 aliphatic rings. The molecule has 2 fully saturated rings. The van der Waals surface area contributed by atoms with Gasteiger partial charge in [0.1, 0.15) is 0 Å². The second-order valence-electron chi connectivity index (χ2n) is 6.14. The highest BCUT2D eigenvalue weighted by atomic mass is 15.2. The second kappa shape index (κ2) is 4.66. The van der Waals surface area contributed by atoms with Crippen LogP contribution in [-0.2, 0) is 0 Å². The maximum absolute atomic E-state index is 6.15. The van der Waals surface area contributed by atoms with Crippen LogP contribution in [0.25, 0.3) is 0 Å². The maximum atomic E-state index is 6.15. The normalized spacial score (nSPS) is 39.6. The number of fused-ring (bicyclic) bond motifs is 2. The average Bonchev–Trinajstić information content (AvgIpc) is 2.88. The average molecular weight is 224 g/mol. The molecule has 0 saturated heterocycles. The molecular formula is C14H28N2. The molecule has 0 spiro atoms. The smallest absolute Gasteiger partial charge is 0.0362 e. The van der Waals surface area contributed by atoms with Crippen molar-refractivity contribution in [2.75, 3.05) is 13.6 Å². The van der Waals surface area contributed by atoms with Crippen LogP contribution in [-0.4, -0.2) is 30.1 Å². The van der Waals surface area contributed by atoms with Crippen molar-refractivity contribution in [3.8, 4) is 0 Å². The van der Waals surface area contributed by atoms with Gasteiger partial charge in [0.05, 0.1) is 0 Å². The molecule has 94 valence electrons. The van der Waals surface area contributed by atoms with Gasteiger partial charge in [-0.25, -0.2) is 0 Å². The van der Waals surface area contributed by atoms with E-state index in [1.54, 1.807) is 0 Å². The van der Waals surface area contributed by atoms with Gasteiger partial charge in [-0.2, -0.15) is 0 Å². The van der Waals surface area contributed by atoms with E-state index in [0.29, 0.717) is 11.6 Å². The molecule has 0 aromatic heterocycles. The Labute approximate surface area is 101 Å². The lowest BCUT2D eigenvalue weighted by Gasteiger charge is -2.47. The Morgan fingerprint density at radius 3 is 2.62 bits per heavy atom. The molecule has 0 radical (unpaired) electrons. The van der Waals surface area contributed by atoms with Crippen LogP contribution < -0.4 is 5.73 Å². The van der Waals surface area contributed by atoms with Gasteiger partial charge in [-0.05, 0) is 51.5 Å². The summed E-state index contributed by atoms with van der Waals surface area (Å²) in [4.78, 5) is 2.63. The van der Waals surface area contributed by atoms with E-state index in [9.17, 15) is 0 Å². The molecule has 4 unspecified atom stereocenters. The largest absolute Gasteiger partial charge is 0.329 e. The summed E-state index contributed by atoms with van der Waals surface area (Å²) in [5.41, 5.74) is 6.49. The number of nitrogens with zero attached hydrogens (tertiary/aromatic N) is 1. The lowest BCUT2D eigenvalue weighted by atomic mass is 9.78. The standard InChI is InChI=1S/C14H28N2/c1-4-5-11(2)16(3)14(10-15)9-12-6-7-13(14)8-12/h11-13H,4-10,15H2,1-3H3. The first-order chi connectivity index (χ1) is 7.64. The van der Waals surface area contributed by atoms with Crippen LogP contribution >= 0.6 is 0 Å². The highest BCUT2D eigenvalue weighted by molar-refractivity contribution is 5.08. The Kier molecular flexibility index (Phi) is 3.60. The Bertz CT molecular complexity index is 241. The Hall–Kier alpha value is -0.0800. The van der Waals surface area contributed by atoms with Crippen LogP contribution in [0.5, 0.6) is 0 Å². The van der Waals surface area contributed by atoms with E-state index in [2.05, 4.69) is 25.8 Å². The third kappa shape index (κ3) is 1.80. The van der Waals surface area contributed by atoms with E-state index in [1.807, 2.05) is 0 Å². The zero-order chi connectivity index (χ0) is 11.8. The van der Waals surface area contributed by atoms with Gasteiger partial charge < -0.3 is 5.73 Å². The lowest BCUT2D eigenvalue weighted by Crippen LogP contribution is -2.58. The Balaban J connectivity index is 2.09. The Morgan fingerprint density at radius 2 is 2.19 bits per heavy atom. The number of likely N-dealkylation sites (N-methyl/N-ethyl adjacent to an activating group) is 1. The van der Waals surface area contributed by atoms with Gasteiger partial charge in [0.25, 0.3) is 0 Å². The number of hydrogen-bond donors (Lipinski definition) is 1. The minimum atomic E-state index is 0.345. The number of nitrogens with two attached hydrogens (primary N) is 1. The van der Waals surface area contributed by atoms with E-state index in [0.717, 1.165) is 18.4 Å². The fraction of sp³-hybridized carbons (Fsp3) is 1.00. The van der Waals surface area contributed by atoms with Crippen molar-refractivity contribution >= 4 is 0 Å². The van der Waals surface area contributed by atoms with E-state index < -0.39 is 0 Å². The predicted octanol–water partition coefficient (Wildman–Crippen LogP) is 2.62. The highest BCUT2D eigenvalue weighted by Crippen LogP contribution is 2.53. The van der Waals surface area contributed by atoms with Crippen LogP contribution in [0, 0.1) is 11.8 Å². The lowest BCUT2D eigenvalue weighted by molar-refractivity contribution is 0.0316. The Morgan fingerprint density at radius 1 is 1.44 bits per heavy atom. The van der Waals surface area contributed by atoms with Gasteiger partial charge in [-0.1, -0.05) is 19.8 Å². The highest BCUT2D eigenvalue weighted by Gasteiger charge is 2.52. The van der Waals surface area contributed by atoms with Crippen LogP contribution in [0.2, 0.25) is 0 Å². The molecule has 2 bridgehead atoms. The van der Waals surface area contributed by atoms with Crippen LogP contribution in [0.3, 0.4) is 0 Å². The summed E-state index contributed by atoms with van der Waals surface area (Å²) in [6.07, 6.45) is 8.27. The van der Waals surface area contributed by atoms with E-state index >= 15 is 0 Å². The van der Waals surface area contributed by atoms with Gasteiger partial charge in [0.2, 0.25) is 0 Å². The summed E-state index contributed by atoms with van der Waals surface area (Å²) >= 11 is 0. The topological polar surface area (TPSA) is 29.3 Å². The van der Waals surface area contributed by atoms with Crippen molar-refractivity contribution in [1.29, 1.82) is 0 Å². The van der Waals surface area contributed by atoms with Gasteiger partial charge in [0, 0.05) is 18.1 Å². The van der Waals surface area contributed by atoms with E-state index in [4.69, 9.17) is 5.73 Å². The molecule has 2 saturated carbocycles. The first-order valence-corrected chi connectivity index (χ1v) is 7.07. The molecule has 16 heavy (non-hydrogen) atoms. The molecule has 2 nitrogen and oxygen atoms in total. The van der Waals surface area contributed by atoms with Crippen molar-refractivity contribution in [1.82, 2.24) is 4.90 Å². The molecule has 4 atom stereocenters. The molecule has 2 heteroatoms. The first-order valence-electron chi connectivity index (χ1n) is 7.07. The molecule has 2 rings (SSSR count). The maximum Gasteiger partial charge on any atom is 0.0362 e. The van der Waals surface area contributed by atoms with E-state index in [1.165, 1.54) is 38.5 Å². The summed E-state index contributed by atoms with van der Waals surface area (Å²) in [6.45, 7) is 5.51. The molecular weight excluding hydrogens is 196 g/mol. The quantitative estimate of drug-likeness (QED) is 0.778. The minimum absolute atomic E-state index is 0.345. The molecule has 0 aromatic rings. The fourth-order valence-corrected chi connectivity index (χ4v) is 4.29.